The van der Waals surface area contributed by atoms with Gasteiger partial charge in [0.15, 0.2) is 0 Å². The first-order chi connectivity index (χ1) is 7.97. The molecule has 1 aromatic rings. The number of nitrogens with zero attached hydrogens (tertiary/aromatic N) is 1. The smallest absolute Gasteiger partial charge is 0.273 e. The van der Waals surface area contributed by atoms with Crippen LogP contribution in [0.2, 0.25) is 0 Å². The fraction of sp³-hybridized carbons (Fsp3) is 0.364. The van der Waals surface area contributed by atoms with Crippen LogP contribution < -0.4 is 5.32 Å². The van der Waals surface area contributed by atoms with Crippen LogP contribution in [0, 0.1) is 17.0 Å². The number of hydrogen-bond donors (Lipinski definition) is 2. The van der Waals surface area contributed by atoms with Gasteiger partial charge < -0.3 is 10.4 Å². The molecule has 2 N–H and O–H groups in total. The molecule has 92 valence electrons. The number of nitro groups is 1. The zero-order valence-electron chi connectivity index (χ0n) is 9.64. The van der Waals surface area contributed by atoms with Crippen LogP contribution in [0.4, 0.5) is 5.69 Å². The minimum absolute atomic E-state index is 0.0886. The van der Waals surface area contributed by atoms with Crippen molar-refractivity contribution in [2.24, 2.45) is 0 Å². The molecule has 17 heavy (non-hydrogen) atoms. The molecule has 0 fully saturated rings. The summed E-state index contributed by atoms with van der Waals surface area (Å²) in [4.78, 5) is 21.9. The maximum Gasteiger partial charge on any atom is 0.273 e. The summed E-state index contributed by atoms with van der Waals surface area (Å²) in [5.74, 6) is -0.423. The van der Waals surface area contributed by atoms with E-state index in [9.17, 15) is 14.9 Å². The van der Waals surface area contributed by atoms with E-state index in [1.54, 1.807) is 6.92 Å². The summed E-state index contributed by atoms with van der Waals surface area (Å²) in [5.41, 5.74) is 0.481. The summed E-state index contributed by atoms with van der Waals surface area (Å²) >= 11 is 0. The van der Waals surface area contributed by atoms with Crippen molar-refractivity contribution in [2.45, 2.75) is 19.9 Å². The van der Waals surface area contributed by atoms with Crippen LogP contribution in [-0.2, 0) is 0 Å². The maximum absolute atomic E-state index is 11.8. The SMILES string of the molecule is Cc1c(C(=O)N[C@@H](C)CO)cccc1[N+](=O)[O-]. The second kappa shape index (κ2) is 5.40. The molecule has 0 spiro atoms. The van der Waals surface area contributed by atoms with Gasteiger partial charge in [-0.15, -0.1) is 0 Å². The molecule has 0 aliphatic carbocycles. The first-order valence-corrected chi connectivity index (χ1v) is 5.13. The van der Waals surface area contributed by atoms with Crippen LogP contribution in [-0.4, -0.2) is 28.6 Å². The molecule has 0 unspecified atom stereocenters. The Bertz CT molecular complexity index is 445. The lowest BCUT2D eigenvalue weighted by molar-refractivity contribution is -0.385. The van der Waals surface area contributed by atoms with E-state index in [1.165, 1.54) is 25.1 Å². The van der Waals surface area contributed by atoms with E-state index in [4.69, 9.17) is 5.11 Å². The molecule has 1 atom stereocenters. The zero-order valence-corrected chi connectivity index (χ0v) is 9.64. The summed E-state index contributed by atoms with van der Waals surface area (Å²) in [5, 5.41) is 22.1. The van der Waals surface area contributed by atoms with Gasteiger partial charge in [-0.25, -0.2) is 0 Å². The lowest BCUT2D eigenvalue weighted by atomic mass is 10.1. The monoisotopic (exact) mass is 238 g/mol. The topological polar surface area (TPSA) is 92.5 Å². The van der Waals surface area contributed by atoms with Gasteiger partial charge in [-0.05, 0) is 19.9 Å². The summed E-state index contributed by atoms with van der Waals surface area (Å²) in [6, 6.07) is 3.94. The largest absolute Gasteiger partial charge is 0.394 e. The molecule has 0 aliphatic heterocycles. The Labute approximate surface area is 98.4 Å². The third-order valence-corrected chi connectivity index (χ3v) is 2.40. The Balaban J connectivity index is 3.02. The number of aliphatic hydroxyl groups is 1. The van der Waals surface area contributed by atoms with Crippen molar-refractivity contribution in [1.29, 1.82) is 0 Å². The number of nitro benzene ring substituents is 1. The van der Waals surface area contributed by atoms with Gasteiger partial charge in [0.2, 0.25) is 0 Å². The Kier molecular flexibility index (Phi) is 4.17. The van der Waals surface area contributed by atoms with Crippen molar-refractivity contribution in [2.75, 3.05) is 6.61 Å². The lowest BCUT2D eigenvalue weighted by Gasteiger charge is -2.12. The molecular formula is C11H14N2O4. The molecule has 6 nitrogen and oxygen atoms in total. The van der Waals surface area contributed by atoms with Crippen molar-refractivity contribution in [3.05, 3.63) is 39.4 Å². The normalized spacial score (nSPS) is 11.9. The van der Waals surface area contributed by atoms with Crippen LogP contribution in [0.5, 0.6) is 0 Å². The molecule has 0 aromatic heterocycles. The molecule has 6 heteroatoms. The van der Waals surface area contributed by atoms with Crippen LogP contribution in [0.15, 0.2) is 18.2 Å². The van der Waals surface area contributed by atoms with E-state index in [1.807, 2.05) is 0 Å². The Morgan fingerprint density at radius 2 is 2.24 bits per heavy atom. The van der Waals surface area contributed by atoms with Crippen molar-refractivity contribution >= 4 is 11.6 Å². The van der Waals surface area contributed by atoms with Crippen molar-refractivity contribution in [3.8, 4) is 0 Å². The van der Waals surface area contributed by atoms with E-state index in [0.717, 1.165) is 0 Å². The number of rotatable bonds is 4. The van der Waals surface area contributed by atoms with Crippen LogP contribution in [0.1, 0.15) is 22.8 Å². The van der Waals surface area contributed by atoms with Crippen LogP contribution >= 0.6 is 0 Å². The van der Waals surface area contributed by atoms with Crippen LogP contribution in [0.3, 0.4) is 0 Å². The summed E-state index contributed by atoms with van der Waals surface area (Å²) in [6.45, 7) is 2.99. The maximum atomic E-state index is 11.8. The molecular weight excluding hydrogens is 224 g/mol. The third kappa shape index (κ3) is 3.01. The van der Waals surface area contributed by atoms with Crippen LogP contribution in [0.25, 0.3) is 0 Å². The van der Waals surface area contributed by atoms with Gasteiger partial charge in [0.25, 0.3) is 11.6 Å². The van der Waals surface area contributed by atoms with E-state index in [2.05, 4.69) is 5.32 Å². The average Bonchev–Trinajstić information content (AvgIpc) is 2.28. The Hall–Kier alpha value is -1.95. The predicted molar refractivity (Wildman–Crippen MR) is 61.8 cm³/mol. The number of carbonyl (C=O) groups is 1. The molecule has 1 amide bonds. The van der Waals surface area contributed by atoms with E-state index in [0.29, 0.717) is 5.56 Å². The second-order valence-corrected chi connectivity index (χ2v) is 3.76. The van der Waals surface area contributed by atoms with Gasteiger partial charge in [-0.3, -0.25) is 14.9 Å². The van der Waals surface area contributed by atoms with E-state index < -0.39 is 10.8 Å². The number of hydrogen-bond acceptors (Lipinski definition) is 4. The van der Waals surface area contributed by atoms with Gasteiger partial charge in [-0.1, -0.05) is 6.07 Å². The standard InChI is InChI=1S/C11H14N2O4/c1-7(6-14)12-11(15)9-4-3-5-10(8(9)2)13(16)17/h3-5,7,14H,6H2,1-2H3,(H,12,15)/t7-/m0/s1. The summed E-state index contributed by atoms with van der Waals surface area (Å²) < 4.78 is 0. The quantitative estimate of drug-likeness (QED) is 0.605. The number of amides is 1. The Morgan fingerprint density at radius 1 is 1.59 bits per heavy atom. The fourth-order valence-corrected chi connectivity index (χ4v) is 1.41. The highest BCUT2D eigenvalue weighted by Crippen LogP contribution is 2.20. The lowest BCUT2D eigenvalue weighted by Crippen LogP contribution is -2.35. The van der Waals surface area contributed by atoms with Gasteiger partial charge in [-0.2, -0.15) is 0 Å². The highest BCUT2D eigenvalue weighted by molar-refractivity contribution is 5.96. The molecule has 0 aliphatic rings. The minimum atomic E-state index is -0.526. The molecule has 0 saturated carbocycles. The highest BCUT2D eigenvalue weighted by Gasteiger charge is 2.18. The highest BCUT2D eigenvalue weighted by atomic mass is 16.6. The molecule has 0 radical (unpaired) electrons. The molecule has 0 bridgehead atoms. The van der Waals surface area contributed by atoms with Gasteiger partial charge in [0.05, 0.1) is 11.5 Å². The van der Waals surface area contributed by atoms with Crippen molar-refractivity contribution < 1.29 is 14.8 Å². The summed E-state index contributed by atoms with van der Waals surface area (Å²) in [7, 11) is 0. The molecule has 1 rings (SSSR count). The third-order valence-electron chi connectivity index (χ3n) is 2.40. The Morgan fingerprint density at radius 3 is 2.76 bits per heavy atom. The minimum Gasteiger partial charge on any atom is -0.394 e. The van der Waals surface area contributed by atoms with Gasteiger partial charge in [0, 0.05) is 23.2 Å². The van der Waals surface area contributed by atoms with E-state index >= 15 is 0 Å². The zero-order chi connectivity index (χ0) is 13.0. The first kappa shape index (κ1) is 13.1. The molecule has 0 heterocycles. The second-order valence-electron chi connectivity index (χ2n) is 3.76. The van der Waals surface area contributed by atoms with Gasteiger partial charge in [0.1, 0.15) is 0 Å². The van der Waals surface area contributed by atoms with Crippen molar-refractivity contribution in [1.82, 2.24) is 5.32 Å². The number of aliphatic hydroxyl groups excluding tert-OH is 1. The number of carbonyl (C=O) groups excluding carboxylic acids is 1. The number of nitrogens with one attached hydrogen (secondary N) is 1. The predicted octanol–water partition coefficient (Wildman–Crippen LogP) is 1.01. The van der Waals surface area contributed by atoms with Gasteiger partial charge >= 0.3 is 0 Å². The fourth-order valence-electron chi connectivity index (χ4n) is 1.41. The molecule has 1 aromatic carbocycles. The van der Waals surface area contributed by atoms with Crippen molar-refractivity contribution in [3.63, 3.8) is 0 Å². The molecule has 0 saturated heterocycles. The first-order valence-electron chi connectivity index (χ1n) is 5.13. The summed E-state index contributed by atoms with van der Waals surface area (Å²) in [6.07, 6.45) is 0. The van der Waals surface area contributed by atoms with E-state index in [-0.39, 0.29) is 23.9 Å². The number of benzene rings is 1. The average molecular weight is 238 g/mol.